The predicted octanol–water partition coefficient (Wildman–Crippen LogP) is 2.39. The standard InChI is InChI=1S/C15H13F2N3O3/c1-3-23-10-5-4-9(11(16)12(10)17)20-7-8(6-18)13(19)14(20)15(21)22-2/h4-5,7H,3,19H2,1-2H3. The first-order valence-corrected chi connectivity index (χ1v) is 6.56. The lowest BCUT2D eigenvalue weighted by atomic mass is 10.2. The molecule has 2 N–H and O–H groups in total. The predicted molar refractivity (Wildman–Crippen MR) is 77.3 cm³/mol. The molecule has 6 nitrogen and oxygen atoms in total. The van der Waals surface area contributed by atoms with E-state index in [0.717, 1.165) is 17.9 Å². The number of nitriles is 1. The van der Waals surface area contributed by atoms with Crippen molar-refractivity contribution in [2.24, 2.45) is 0 Å². The molecule has 0 spiro atoms. The molecule has 0 unspecified atom stereocenters. The molecule has 2 aromatic rings. The zero-order chi connectivity index (χ0) is 17.1. The van der Waals surface area contributed by atoms with Crippen LogP contribution in [0.25, 0.3) is 5.69 Å². The Kier molecular flexibility index (Phi) is 4.50. The molecule has 8 heteroatoms. The van der Waals surface area contributed by atoms with Crippen LogP contribution in [0.3, 0.4) is 0 Å². The van der Waals surface area contributed by atoms with E-state index in [1.807, 2.05) is 0 Å². The third kappa shape index (κ3) is 2.68. The van der Waals surface area contributed by atoms with E-state index in [-0.39, 0.29) is 35.0 Å². The maximum Gasteiger partial charge on any atom is 0.357 e. The van der Waals surface area contributed by atoms with Crippen molar-refractivity contribution in [1.82, 2.24) is 4.57 Å². The summed E-state index contributed by atoms with van der Waals surface area (Å²) in [6.45, 7) is 1.80. The van der Waals surface area contributed by atoms with Crippen LogP contribution in [0.2, 0.25) is 0 Å². The summed E-state index contributed by atoms with van der Waals surface area (Å²) in [7, 11) is 1.11. The van der Waals surface area contributed by atoms with Crippen LogP contribution in [-0.4, -0.2) is 24.3 Å². The average molecular weight is 321 g/mol. The summed E-state index contributed by atoms with van der Waals surface area (Å²) >= 11 is 0. The average Bonchev–Trinajstić information content (AvgIpc) is 2.88. The van der Waals surface area contributed by atoms with Gasteiger partial charge in [0.2, 0.25) is 5.82 Å². The summed E-state index contributed by atoms with van der Waals surface area (Å²) in [5.41, 5.74) is 4.93. The van der Waals surface area contributed by atoms with Gasteiger partial charge in [-0.25, -0.2) is 9.18 Å². The third-order valence-corrected chi connectivity index (χ3v) is 3.13. The van der Waals surface area contributed by atoms with Crippen LogP contribution in [0.4, 0.5) is 14.5 Å². The number of carbonyl (C=O) groups is 1. The van der Waals surface area contributed by atoms with Gasteiger partial charge in [-0.15, -0.1) is 0 Å². The Morgan fingerprint density at radius 1 is 1.39 bits per heavy atom. The van der Waals surface area contributed by atoms with Gasteiger partial charge >= 0.3 is 5.97 Å². The number of esters is 1. The highest BCUT2D eigenvalue weighted by Crippen LogP contribution is 2.30. The molecule has 1 heterocycles. The van der Waals surface area contributed by atoms with E-state index in [0.29, 0.717) is 0 Å². The number of hydrogen-bond acceptors (Lipinski definition) is 5. The number of nitrogen functional groups attached to an aromatic ring is 1. The van der Waals surface area contributed by atoms with Gasteiger partial charge in [0.25, 0.3) is 0 Å². The van der Waals surface area contributed by atoms with Gasteiger partial charge in [0.1, 0.15) is 6.07 Å². The lowest BCUT2D eigenvalue weighted by Crippen LogP contribution is -2.12. The molecule has 0 aliphatic rings. The van der Waals surface area contributed by atoms with Crippen molar-refractivity contribution in [1.29, 1.82) is 5.26 Å². The molecular weight excluding hydrogens is 308 g/mol. The minimum atomic E-state index is -1.24. The number of halogens is 2. The molecule has 2 rings (SSSR count). The topological polar surface area (TPSA) is 90.3 Å². The van der Waals surface area contributed by atoms with E-state index in [2.05, 4.69) is 4.74 Å². The summed E-state index contributed by atoms with van der Waals surface area (Å²) in [6, 6.07) is 4.22. The van der Waals surface area contributed by atoms with Gasteiger partial charge in [0, 0.05) is 6.20 Å². The van der Waals surface area contributed by atoms with Crippen LogP contribution >= 0.6 is 0 Å². The number of nitrogens with zero attached hydrogens (tertiary/aromatic N) is 2. The summed E-state index contributed by atoms with van der Waals surface area (Å²) in [5.74, 6) is -3.57. The number of methoxy groups -OCH3 is 1. The molecule has 0 atom stereocenters. The van der Waals surface area contributed by atoms with Crippen LogP contribution < -0.4 is 10.5 Å². The Morgan fingerprint density at radius 2 is 2.09 bits per heavy atom. The smallest absolute Gasteiger partial charge is 0.357 e. The zero-order valence-electron chi connectivity index (χ0n) is 12.4. The number of hydrogen-bond donors (Lipinski definition) is 1. The highest BCUT2D eigenvalue weighted by molar-refractivity contribution is 5.95. The van der Waals surface area contributed by atoms with Gasteiger partial charge in [-0.3, -0.25) is 0 Å². The van der Waals surface area contributed by atoms with Crippen molar-refractivity contribution in [3.05, 3.63) is 41.2 Å². The van der Waals surface area contributed by atoms with E-state index >= 15 is 0 Å². The minimum absolute atomic E-state index is 0.0564. The molecule has 1 aromatic heterocycles. The SMILES string of the molecule is CCOc1ccc(-n2cc(C#N)c(N)c2C(=O)OC)c(F)c1F. The molecule has 0 bridgehead atoms. The normalized spacial score (nSPS) is 10.2. The number of rotatable bonds is 4. The number of carbonyl (C=O) groups excluding carboxylic acids is 1. The fourth-order valence-electron chi connectivity index (χ4n) is 2.08. The second kappa shape index (κ2) is 6.36. The molecular formula is C15H13F2N3O3. The van der Waals surface area contributed by atoms with E-state index < -0.39 is 17.6 Å². The number of nitrogens with two attached hydrogens (primary N) is 1. The lowest BCUT2D eigenvalue weighted by molar-refractivity contribution is 0.0593. The minimum Gasteiger partial charge on any atom is -0.491 e. The van der Waals surface area contributed by atoms with Crippen molar-refractivity contribution < 1.29 is 23.0 Å². The van der Waals surface area contributed by atoms with Gasteiger partial charge in [-0.2, -0.15) is 9.65 Å². The van der Waals surface area contributed by atoms with Crippen molar-refractivity contribution in [2.45, 2.75) is 6.92 Å². The number of benzene rings is 1. The number of ether oxygens (including phenoxy) is 2. The van der Waals surface area contributed by atoms with Crippen molar-refractivity contribution >= 4 is 11.7 Å². The maximum absolute atomic E-state index is 14.3. The van der Waals surface area contributed by atoms with E-state index in [1.165, 1.54) is 12.1 Å². The monoisotopic (exact) mass is 321 g/mol. The summed E-state index contributed by atoms with van der Waals surface area (Å²) in [4.78, 5) is 11.8. The van der Waals surface area contributed by atoms with Crippen LogP contribution in [0, 0.1) is 23.0 Å². The van der Waals surface area contributed by atoms with Crippen molar-refractivity contribution in [2.75, 3.05) is 19.5 Å². The highest BCUT2D eigenvalue weighted by atomic mass is 19.2. The van der Waals surface area contributed by atoms with Gasteiger partial charge in [0.15, 0.2) is 17.3 Å². The maximum atomic E-state index is 14.3. The van der Waals surface area contributed by atoms with Crippen molar-refractivity contribution in [3.63, 3.8) is 0 Å². The first-order chi connectivity index (χ1) is 11.0. The molecule has 1 aromatic carbocycles. The number of aromatic nitrogens is 1. The molecule has 0 aliphatic heterocycles. The fraction of sp³-hybridized carbons (Fsp3) is 0.200. The lowest BCUT2D eigenvalue weighted by Gasteiger charge is -2.12. The summed E-state index contributed by atoms with van der Waals surface area (Å²) < 4.78 is 38.8. The van der Waals surface area contributed by atoms with Gasteiger partial charge in [-0.05, 0) is 19.1 Å². The van der Waals surface area contributed by atoms with E-state index in [9.17, 15) is 13.6 Å². The van der Waals surface area contributed by atoms with Crippen LogP contribution in [0.5, 0.6) is 5.75 Å². The molecule has 0 amide bonds. The summed E-state index contributed by atoms with van der Waals surface area (Å²) in [5, 5.41) is 9.01. The molecule has 120 valence electrons. The first-order valence-electron chi connectivity index (χ1n) is 6.56. The largest absolute Gasteiger partial charge is 0.491 e. The van der Waals surface area contributed by atoms with E-state index in [1.54, 1.807) is 13.0 Å². The Morgan fingerprint density at radius 3 is 2.65 bits per heavy atom. The molecule has 0 fully saturated rings. The molecule has 0 radical (unpaired) electrons. The Balaban J connectivity index is 2.70. The second-order valence-corrected chi connectivity index (χ2v) is 4.42. The van der Waals surface area contributed by atoms with Crippen LogP contribution in [0.1, 0.15) is 23.0 Å². The number of anilines is 1. The second-order valence-electron chi connectivity index (χ2n) is 4.42. The van der Waals surface area contributed by atoms with Gasteiger partial charge < -0.3 is 19.8 Å². The van der Waals surface area contributed by atoms with Gasteiger partial charge in [-0.1, -0.05) is 0 Å². The van der Waals surface area contributed by atoms with Crippen LogP contribution in [-0.2, 0) is 4.74 Å². The van der Waals surface area contributed by atoms with E-state index in [4.69, 9.17) is 15.7 Å². The molecule has 0 saturated carbocycles. The zero-order valence-corrected chi connectivity index (χ0v) is 12.4. The Labute approximate surface area is 130 Å². The molecule has 0 aliphatic carbocycles. The fourth-order valence-corrected chi connectivity index (χ4v) is 2.08. The Hall–Kier alpha value is -3.08. The summed E-state index contributed by atoms with van der Waals surface area (Å²) in [6.07, 6.45) is 1.14. The van der Waals surface area contributed by atoms with Gasteiger partial charge in [0.05, 0.1) is 30.7 Å². The molecule has 23 heavy (non-hydrogen) atoms. The van der Waals surface area contributed by atoms with Crippen molar-refractivity contribution in [3.8, 4) is 17.5 Å². The first kappa shape index (κ1) is 16.3. The van der Waals surface area contributed by atoms with Crippen LogP contribution in [0.15, 0.2) is 18.3 Å². The Bertz CT molecular complexity index is 809. The quantitative estimate of drug-likeness (QED) is 0.873. The molecule has 0 saturated heterocycles. The highest BCUT2D eigenvalue weighted by Gasteiger charge is 2.25. The third-order valence-electron chi connectivity index (χ3n) is 3.13.